The van der Waals surface area contributed by atoms with Crippen molar-refractivity contribution in [2.75, 3.05) is 18.1 Å². The first-order valence-corrected chi connectivity index (χ1v) is 5.84. The highest BCUT2D eigenvalue weighted by Gasteiger charge is 2.55. The van der Waals surface area contributed by atoms with Gasteiger partial charge in [0.05, 0.1) is 13.2 Å². The maximum absolute atomic E-state index is 13.1. The van der Waals surface area contributed by atoms with E-state index in [1.807, 2.05) is 0 Å². The van der Waals surface area contributed by atoms with E-state index in [9.17, 15) is 18.4 Å². The molecule has 1 aromatic carbocycles. The molecule has 1 aliphatic heterocycles. The van der Waals surface area contributed by atoms with Gasteiger partial charge in [-0.1, -0.05) is 0 Å². The van der Waals surface area contributed by atoms with Crippen LogP contribution in [0.2, 0.25) is 0 Å². The Bertz CT molecular complexity index is 526. The van der Waals surface area contributed by atoms with Crippen molar-refractivity contribution in [1.82, 2.24) is 0 Å². The third-order valence-corrected chi connectivity index (χ3v) is 3.08. The Labute approximate surface area is 109 Å². The van der Waals surface area contributed by atoms with Crippen molar-refractivity contribution in [2.24, 2.45) is 5.41 Å². The normalized spacial score (nSPS) is 22.1. The van der Waals surface area contributed by atoms with Gasteiger partial charge in [-0.15, -0.1) is 0 Å². The first-order chi connectivity index (χ1) is 8.88. The number of nitrogens with zero attached hydrogens (tertiary/aromatic N) is 1. The van der Waals surface area contributed by atoms with E-state index in [-0.39, 0.29) is 18.8 Å². The van der Waals surface area contributed by atoms with Gasteiger partial charge in [-0.25, -0.2) is 8.78 Å². The van der Waals surface area contributed by atoms with Crippen LogP contribution >= 0.6 is 0 Å². The third kappa shape index (κ3) is 2.18. The van der Waals surface area contributed by atoms with E-state index in [1.54, 1.807) is 6.92 Å². The zero-order chi connectivity index (χ0) is 14.2. The molecule has 1 saturated heterocycles. The standard InChI is InChI=1S/C13H13F2NO3/c1-3-19-12(18)13(2)7-16(11(13)17)10-5-8(14)4-9(15)6-10/h4-6H,3,7H2,1-2H3. The van der Waals surface area contributed by atoms with Gasteiger partial charge in [0.2, 0.25) is 5.91 Å². The summed E-state index contributed by atoms with van der Waals surface area (Å²) < 4.78 is 31.0. The molecule has 19 heavy (non-hydrogen) atoms. The van der Waals surface area contributed by atoms with Crippen molar-refractivity contribution in [3.63, 3.8) is 0 Å². The van der Waals surface area contributed by atoms with Crippen molar-refractivity contribution < 1.29 is 23.1 Å². The number of hydrogen-bond donors (Lipinski definition) is 0. The van der Waals surface area contributed by atoms with Crippen molar-refractivity contribution in [3.05, 3.63) is 29.8 Å². The molecule has 0 radical (unpaired) electrons. The lowest BCUT2D eigenvalue weighted by Crippen LogP contribution is -2.64. The molecule has 1 heterocycles. The molecule has 0 N–H and O–H groups in total. The molecule has 0 saturated carbocycles. The molecule has 0 aromatic heterocycles. The van der Waals surface area contributed by atoms with E-state index in [2.05, 4.69) is 0 Å². The molecule has 102 valence electrons. The number of ether oxygens (including phenoxy) is 1. The summed E-state index contributed by atoms with van der Waals surface area (Å²) in [6.07, 6.45) is 0. The number of benzene rings is 1. The lowest BCUT2D eigenvalue weighted by Gasteiger charge is -2.44. The fraction of sp³-hybridized carbons (Fsp3) is 0.385. The smallest absolute Gasteiger partial charge is 0.323 e. The fourth-order valence-corrected chi connectivity index (χ4v) is 2.01. The number of amides is 1. The van der Waals surface area contributed by atoms with E-state index < -0.39 is 28.9 Å². The predicted molar refractivity (Wildman–Crippen MR) is 63.5 cm³/mol. The van der Waals surface area contributed by atoms with E-state index in [0.29, 0.717) is 0 Å². The van der Waals surface area contributed by atoms with E-state index in [4.69, 9.17) is 4.74 Å². The van der Waals surface area contributed by atoms with E-state index >= 15 is 0 Å². The molecule has 1 unspecified atom stereocenters. The van der Waals surface area contributed by atoms with Gasteiger partial charge in [-0.3, -0.25) is 9.59 Å². The summed E-state index contributed by atoms with van der Waals surface area (Å²) in [4.78, 5) is 24.8. The minimum atomic E-state index is -1.27. The Morgan fingerprint density at radius 1 is 1.37 bits per heavy atom. The van der Waals surface area contributed by atoms with Crippen molar-refractivity contribution in [2.45, 2.75) is 13.8 Å². The van der Waals surface area contributed by atoms with Gasteiger partial charge in [0.15, 0.2) is 5.41 Å². The van der Waals surface area contributed by atoms with E-state index in [1.165, 1.54) is 6.92 Å². The Balaban J connectivity index is 2.19. The van der Waals surface area contributed by atoms with E-state index in [0.717, 1.165) is 23.1 Å². The SMILES string of the molecule is CCOC(=O)C1(C)CN(c2cc(F)cc(F)c2)C1=O. The Kier molecular flexibility index (Phi) is 3.26. The van der Waals surface area contributed by atoms with Crippen LogP contribution in [0.15, 0.2) is 18.2 Å². The summed E-state index contributed by atoms with van der Waals surface area (Å²) in [5.41, 5.74) is -1.16. The Hall–Kier alpha value is -1.98. The van der Waals surface area contributed by atoms with Crippen LogP contribution in [0.25, 0.3) is 0 Å². The summed E-state index contributed by atoms with van der Waals surface area (Å²) >= 11 is 0. The van der Waals surface area contributed by atoms with Crippen LogP contribution in [0.3, 0.4) is 0 Å². The number of anilines is 1. The van der Waals surface area contributed by atoms with Crippen LogP contribution in [0.5, 0.6) is 0 Å². The summed E-state index contributed by atoms with van der Waals surface area (Å²) in [7, 11) is 0. The van der Waals surface area contributed by atoms with Crippen molar-refractivity contribution >= 4 is 17.6 Å². The van der Waals surface area contributed by atoms with Crippen LogP contribution in [0.4, 0.5) is 14.5 Å². The number of hydrogen-bond acceptors (Lipinski definition) is 3. The van der Waals surface area contributed by atoms with Crippen LogP contribution < -0.4 is 4.90 Å². The first kappa shape index (κ1) is 13.5. The van der Waals surface area contributed by atoms with Gasteiger partial charge in [-0.05, 0) is 26.0 Å². The van der Waals surface area contributed by atoms with Crippen LogP contribution in [-0.2, 0) is 14.3 Å². The minimum Gasteiger partial charge on any atom is -0.465 e. The molecule has 2 rings (SSSR count). The zero-order valence-corrected chi connectivity index (χ0v) is 10.6. The molecule has 1 aromatic rings. The minimum absolute atomic E-state index is 0.0492. The second-order valence-electron chi connectivity index (χ2n) is 4.57. The summed E-state index contributed by atoms with van der Waals surface area (Å²) in [5.74, 6) is -2.68. The van der Waals surface area contributed by atoms with Crippen molar-refractivity contribution in [3.8, 4) is 0 Å². The molecule has 1 amide bonds. The summed E-state index contributed by atoms with van der Waals surface area (Å²) in [6, 6.07) is 2.82. The molecule has 0 spiro atoms. The first-order valence-electron chi connectivity index (χ1n) is 5.84. The van der Waals surface area contributed by atoms with Gasteiger partial charge in [0.1, 0.15) is 11.6 Å². The monoisotopic (exact) mass is 269 g/mol. The molecule has 1 aliphatic rings. The Morgan fingerprint density at radius 2 is 1.95 bits per heavy atom. The number of β-lactam (4-membered cyclic amide) rings is 1. The number of halogens is 2. The maximum Gasteiger partial charge on any atom is 0.323 e. The number of carbonyl (C=O) groups excluding carboxylic acids is 2. The zero-order valence-electron chi connectivity index (χ0n) is 10.6. The molecule has 1 atom stereocenters. The molecule has 0 bridgehead atoms. The van der Waals surface area contributed by atoms with Crippen molar-refractivity contribution in [1.29, 1.82) is 0 Å². The van der Waals surface area contributed by atoms with Crippen LogP contribution in [-0.4, -0.2) is 25.0 Å². The molecule has 4 nitrogen and oxygen atoms in total. The lowest BCUT2D eigenvalue weighted by molar-refractivity contribution is -0.162. The molecule has 6 heteroatoms. The van der Waals surface area contributed by atoms with Gasteiger partial charge < -0.3 is 9.64 Å². The largest absolute Gasteiger partial charge is 0.465 e. The number of esters is 1. The van der Waals surface area contributed by atoms with Gasteiger partial charge in [-0.2, -0.15) is 0 Å². The van der Waals surface area contributed by atoms with Crippen LogP contribution in [0, 0.1) is 17.0 Å². The number of carbonyl (C=O) groups is 2. The lowest BCUT2D eigenvalue weighted by atomic mass is 9.80. The molecule has 1 fully saturated rings. The summed E-state index contributed by atoms with van der Waals surface area (Å²) in [6.45, 7) is 3.33. The predicted octanol–water partition coefficient (Wildman–Crippen LogP) is 1.88. The third-order valence-electron chi connectivity index (χ3n) is 3.08. The highest BCUT2D eigenvalue weighted by Crippen LogP contribution is 2.37. The fourth-order valence-electron chi connectivity index (χ4n) is 2.01. The average molecular weight is 269 g/mol. The molecular formula is C13H13F2NO3. The second kappa shape index (κ2) is 4.60. The highest BCUT2D eigenvalue weighted by molar-refractivity contribution is 6.16. The summed E-state index contributed by atoms with van der Waals surface area (Å²) in [5, 5.41) is 0. The Morgan fingerprint density at radius 3 is 2.42 bits per heavy atom. The maximum atomic E-state index is 13.1. The average Bonchev–Trinajstić information content (AvgIpc) is 2.34. The molecular weight excluding hydrogens is 256 g/mol. The number of rotatable bonds is 3. The highest BCUT2D eigenvalue weighted by atomic mass is 19.1. The second-order valence-corrected chi connectivity index (χ2v) is 4.57. The molecule has 0 aliphatic carbocycles. The van der Waals surface area contributed by atoms with Gasteiger partial charge in [0, 0.05) is 11.8 Å². The van der Waals surface area contributed by atoms with Gasteiger partial charge >= 0.3 is 5.97 Å². The van der Waals surface area contributed by atoms with Crippen LogP contribution in [0.1, 0.15) is 13.8 Å². The van der Waals surface area contributed by atoms with Gasteiger partial charge in [0.25, 0.3) is 0 Å². The topological polar surface area (TPSA) is 46.6 Å². The quantitative estimate of drug-likeness (QED) is 0.478.